The number of para-hydroxylation sites is 1. The summed E-state index contributed by atoms with van der Waals surface area (Å²) in [5.74, 6) is 0.625. The van der Waals surface area contributed by atoms with Crippen LogP contribution in [0, 0.1) is 12.8 Å². The standard InChI is InChI=1S/C30H30ClN3O2S2/c1-16-9-12-22-25(13-16)38-27-26(22)29(36)34(21-11-10-17(2)23(31)15-21)30(32-27)37-19(4)28(35)33-18(3)14-20-7-5-6-8-24(20)33/h5-8,10-11,15-16,18-19H,9,12-14H2,1-4H3/t16-,18+,19+/m0/s1. The van der Waals surface area contributed by atoms with Crippen LogP contribution in [0.15, 0.2) is 52.4 Å². The van der Waals surface area contributed by atoms with E-state index in [4.69, 9.17) is 16.6 Å². The van der Waals surface area contributed by atoms with E-state index in [0.717, 1.165) is 52.7 Å². The Morgan fingerprint density at radius 1 is 1.18 bits per heavy atom. The minimum absolute atomic E-state index is 0.0228. The molecule has 3 atom stereocenters. The second-order valence-electron chi connectivity index (χ2n) is 10.7. The zero-order chi connectivity index (χ0) is 26.7. The number of anilines is 1. The van der Waals surface area contributed by atoms with Crippen molar-refractivity contribution in [2.45, 2.75) is 69.8 Å². The zero-order valence-corrected chi connectivity index (χ0v) is 24.3. The molecule has 6 rings (SSSR count). The number of aryl methyl sites for hydroxylation is 2. The first-order valence-electron chi connectivity index (χ1n) is 13.1. The third-order valence-electron chi connectivity index (χ3n) is 7.79. The van der Waals surface area contributed by atoms with E-state index >= 15 is 0 Å². The Kier molecular flexibility index (Phi) is 6.65. The summed E-state index contributed by atoms with van der Waals surface area (Å²) < 4.78 is 1.66. The molecule has 8 heteroatoms. The molecule has 0 saturated heterocycles. The highest BCUT2D eigenvalue weighted by Crippen LogP contribution is 2.39. The summed E-state index contributed by atoms with van der Waals surface area (Å²) in [6.07, 6.45) is 3.80. The number of thiophene rings is 1. The van der Waals surface area contributed by atoms with Gasteiger partial charge in [0.2, 0.25) is 5.91 Å². The maximum absolute atomic E-state index is 14.2. The van der Waals surface area contributed by atoms with Gasteiger partial charge in [-0.25, -0.2) is 4.98 Å². The first-order chi connectivity index (χ1) is 18.2. The molecular formula is C30H30ClN3O2S2. The smallest absolute Gasteiger partial charge is 0.267 e. The fourth-order valence-electron chi connectivity index (χ4n) is 5.70. The normalized spacial score (nSPS) is 19.4. The van der Waals surface area contributed by atoms with Gasteiger partial charge in [-0.2, -0.15) is 0 Å². The molecule has 3 heterocycles. The van der Waals surface area contributed by atoms with Gasteiger partial charge in [-0.3, -0.25) is 14.2 Å². The van der Waals surface area contributed by atoms with Gasteiger partial charge in [-0.1, -0.05) is 54.6 Å². The Morgan fingerprint density at radius 3 is 2.76 bits per heavy atom. The topological polar surface area (TPSA) is 55.2 Å². The molecule has 1 aliphatic heterocycles. The van der Waals surface area contributed by atoms with Crippen molar-refractivity contribution in [1.29, 1.82) is 0 Å². The maximum atomic E-state index is 14.2. The summed E-state index contributed by atoms with van der Waals surface area (Å²) in [5, 5.41) is 1.40. The summed E-state index contributed by atoms with van der Waals surface area (Å²) in [4.78, 5) is 36.9. The van der Waals surface area contributed by atoms with Crippen molar-refractivity contribution < 1.29 is 4.79 Å². The van der Waals surface area contributed by atoms with Gasteiger partial charge >= 0.3 is 0 Å². The van der Waals surface area contributed by atoms with E-state index < -0.39 is 5.25 Å². The highest BCUT2D eigenvalue weighted by atomic mass is 35.5. The number of hydrogen-bond donors (Lipinski definition) is 0. The van der Waals surface area contributed by atoms with Crippen LogP contribution >= 0.6 is 34.7 Å². The number of thioether (sulfide) groups is 1. The third-order valence-corrected chi connectivity index (χ3v) is 10.4. The number of aromatic nitrogens is 2. The van der Waals surface area contributed by atoms with E-state index in [0.29, 0.717) is 21.8 Å². The van der Waals surface area contributed by atoms with Crippen molar-refractivity contribution in [3.05, 3.63) is 79.4 Å². The minimum atomic E-state index is -0.435. The van der Waals surface area contributed by atoms with E-state index in [1.165, 1.54) is 22.2 Å². The number of carbonyl (C=O) groups is 1. The number of amides is 1. The zero-order valence-electron chi connectivity index (χ0n) is 22.0. The first-order valence-corrected chi connectivity index (χ1v) is 15.2. The third kappa shape index (κ3) is 4.29. The summed E-state index contributed by atoms with van der Waals surface area (Å²) in [7, 11) is 0. The van der Waals surface area contributed by atoms with Crippen LogP contribution in [0.1, 0.15) is 48.8 Å². The molecule has 2 aromatic carbocycles. The highest BCUT2D eigenvalue weighted by Gasteiger charge is 2.34. The van der Waals surface area contributed by atoms with Gasteiger partial charge in [0.25, 0.3) is 5.56 Å². The van der Waals surface area contributed by atoms with Crippen LogP contribution in [0.2, 0.25) is 5.02 Å². The Morgan fingerprint density at radius 2 is 1.97 bits per heavy atom. The number of nitrogens with zero attached hydrogens (tertiary/aromatic N) is 3. The van der Waals surface area contributed by atoms with Gasteiger partial charge < -0.3 is 4.90 Å². The van der Waals surface area contributed by atoms with Crippen LogP contribution in [0.25, 0.3) is 15.9 Å². The Balaban J connectivity index is 1.45. The number of fused-ring (bicyclic) bond motifs is 4. The quantitative estimate of drug-likeness (QED) is 0.198. The minimum Gasteiger partial charge on any atom is -0.308 e. The Hall–Kier alpha value is -2.61. The monoisotopic (exact) mass is 563 g/mol. The molecule has 0 radical (unpaired) electrons. The number of benzene rings is 2. The molecular weight excluding hydrogens is 534 g/mol. The van der Waals surface area contributed by atoms with E-state index in [1.54, 1.807) is 15.9 Å². The molecule has 0 saturated carbocycles. The molecule has 4 aromatic rings. The van der Waals surface area contributed by atoms with E-state index in [-0.39, 0.29) is 17.5 Å². The molecule has 0 spiro atoms. The summed E-state index contributed by atoms with van der Waals surface area (Å²) in [5.41, 5.74) is 4.85. The van der Waals surface area contributed by atoms with Crippen LogP contribution in [-0.2, 0) is 24.1 Å². The number of carbonyl (C=O) groups excluding carboxylic acids is 1. The molecule has 1 aliphatic carbocycles. The molecule has 196 valence electrons. The van der Waals surface area contributed by atoms with Gasteiger partial charge in [0, 0.05) is 21.6 Å². The van der Waals surface area contributed by atoms with Gasteiger partial charge in [-0.15, -0.1) is 11.3 Å². The number of hydrogen-bond acceptors (Lipinski definition) is 5. The number of halogens is 1. The van der Waals surface area contributed by atoms with E-state index in [9.17, 15) is 9.59 Å². The van der Waals surface area contributed by atoms with Crippen molar-refractivity contribution in [3.63, 3.8) is 0 Å². The van der Waals surface area contributed by atoms with Crippen molar-refractivity contribution in [2.24, 2.45) is 5.92 Å². The largest absolute Gasteiger partial charge is 0.308 e. The van der Waals surface area contributed by atoms with Crippen LogP contribution in [0.4, 0.5) is 5.69 Å². The second kappa shape index (κ2) is 9.85. The van der Waals surface area contributed by atoms with Crippen LogP contribution in [0.5, 0.6) is 0 Å². The van der Waals surface area contributed by atoms with Gasteiger partial charge in [0.15, 0.2) is 5.16 Å². The van der Waals surface area contributed by atoms with Gasteiger partial charge in [0.1, 0.15) is 4.83 Å². The van der Waals surface area contributed by atoms with Crippen LogP contribution in [0.3, 0.4) is 0 Å². The lowest BCUT2D eigenvalue weighted by atomic mass is 9.89. The SMILES string of the molecule is Cc1ccc(-n2c(S[C@H](C)C(=O)N3c4ccccc4C[C@H]3C)nc3sc4c(c3c2=O)CC[C@H](C)C4)cc1Cl. The summed E-state index contributed by atoms with van der Waals surface area (Å²) in [6.45, 7) is 8.20. The van der Waals surface area contributed by atoms with Crippen molar-refractivity contribution >= 4 is 56.5 Å². The van der Waals surface area contributed by atoms with E-state index in [2.05, 4.69) is 19.9 Å². The average molecular weight is 564 g/mol. The predicted molar refractivity (Wildman–Crippen MR) is 159 cm³/mol. The van der Waals surface area contributed by atoms with Crippen LogP contribution < -0.4 is 10.5 Å². The molecule has 0 N–H and O–H groups in total. The lowest BCUT2D eigenvalue weighted by Gasteiger charge is -2.26. The molecule has 2 aromatic heterocycles. The van der Waals surface area contributed by atoms with Crippen molar-refractivity contribution in [1.82, 2.24) is 9.55 Å². The molecule has 1 amide bonds. The summed E-state index contributed by atoms with van der Waals surface area (Å²) >= 11 is 9.48. The average Bonchev–Trinajstić information content (AvgIpc) is 3.41. The van der Waals surface area contributed by atoms with Crippen molar-refractivity contribution in [3.8, 4) is 5.69 Å². The molecule has 5 nitrogen and oxygen atoms in total. The Labute approximate surface area is 235 Å². The van der Waals surface area contributed by atoms with Crippen LogP contribution in [-0.4, -0.2) is 26.8 Å². The molecule has 2 aliphatic rings. The highest BCUT2D eigenvalue weighted by molar-refractivity contribution is 8.00. The molecule has 0 bridgehead atoms. The maximum Gasteiger partial charge on any atom is 0.267 e. The molecule has 0 unspecified atom stereocenters. The van der Waals surface area contributed by atoms with E-state index in [1.807, 2.05) is 55.1 Å². The van der Waals surface area contributed by atoms with Gasteiger partial charge in [0.05, 0.1) is 16.3 Å². The second-order valence-corrected chi connectivity index (χ2v) is 13.4. The lowest BCUT2D eigenvalue weighted by molar-refractivity contribution is -0.118. The first kappa shape index (κ1) is 25.7. The van der Waals surface area contributed by atoms with Crippen molar-refractivity contribution in [2.75, 3.05) is 4.90 Å². The summed E-state index contributed by atoms with van der Waals surface area (Å²) in [6, 6.07) is 13.8. The van der Waals surface area contributed by atoms with Gasteiger partial charge in [-0.05, 0) is 87.3 Å². The fraction of sp³-hybridized carbons (Fsp3) is 0.367. The molecule has 38 heavy (non-hydrogen) atoms. The Bertz CT molecular complexity index is 1640. The fourth-order valence-corrected chi connectivity index (χ4v) is 8.28. The lowest BCUT2D eigenvalue weighted by Crippen LogP contribution is -2.40. The molecule has 0 fully saturated rings. The predicted octanol–water partition coefficient (Wildman–Crippen LogP) is 6.99. The number of rotatable bonds is 4.